The molecule has 32 heavy (non-hydrogen) atoms. The molecule has 182 valence electrons. The molecule has 0 atom stereocenters. The Labute approximate surface area is 201 Å². The van der Waals surface area contributed by atoms with Crippen LogP contribution < -0.4 is 10.6 Å². The lowest BCUT2D eigenvalue weighted by Gasteiger charge is -2.32. The van der Waals surface area contributed by atoms with E-state index in [2.05, 4.69) is 16.7 Å². The first kappa shape index (κ1) is 28.7. The molecule has 6 nitrogen and oxygen atoms in total. The average Bonchev–Trinajstić information content (AvgIpc) is 2.67. The van der Waals surface area contributed by atoms with Crippen LogP contribution in [0.5, 0.6) is 0 Å². The molecule has 1 aromatic rings. The first-order valence-corrected chi connectivity index (χ1v) is 13.3. The van der Waals surface area contributed by atoms with E-state index in [1.165, 1.54) is 0 Å². The van der Waals surface area contributed by atoms with Gasteiger partial charge in [-0.15, -0.1) is 0 Å². The van der Waals surface area contributed by atoms with Crippen molar-refractivity contribution < 1.29 is 19.1 Å². The second-order valence-electron chi connectivity index (χ2n) is 9.97. The fourth-order valence-electron chi connectivity index (χ4n) is 2.70. The Balaban J connectivity index is 2.35. The van der Waals surface area contributed by atoms with Gasteiger partial charge in [0.25, 0.3) is 0 Å². The highest BCUT2D eigenvalue weighted by molar-refractivity contribution is 8.76. The number of rotatable bonds is 13. The van der Waals surface area contributed by atoms with Gasteiger partial charge in [-0.05, 0) is 67.0 Å². The highest BCUT2D eigenvalue weighted by Crippen LogP contribution is 2.36. The lowest BCUT2D eigenvalue weighted by atomic mass is 10.0. The van der Waals surface area contributed by atoms with E-state index in [1.54, 1.807) is 21.6 Å². The Bertz CT molecular complexity index is 746. The minimum absolute atomic E-state index is 0.000151. The number of hydrogen-bond donors (Lipinski definition) is 2. The van der Waals surface area contributed by atoms with Gasteiger partial charge in [0.1, 0.15) is 5.60 Å². The van der Waals surface area contributed by atoms with Gasteiger partial charge in [0, 0.05) is 36.2 Å². The van der Waals surface area contributed by atoms with Crippen molar-refractivity contribution in [1.29, 1.82) is 0 Å². The second kappa shape index (κ2) is 12.8. The van der Waals surface area contributed by atoms with Crippen LogP contribution in [0.25, 0.3) is 0 Å². The number of esters is 1. The van der Waals surface area contributed by atoms with Crippen molar-refractivity contribution in [3.63, 3.8) is 0 Å². The number of carbonyl (C=O) groups excluding carboxylic acids is 2. The molecular formula is C24H40N2O4S2. The molecule has 0 saturated heterocycles. The zero-order chi connectivity index (χ0) is 24.4. The quantitative estimate of drug-likeness (QED) is 0.212. The van der Waals surface area contributed by atoms with Crippen molar-refractivity contribution in [3.05, 3.63) is 24.3 Å². The third kappa shape index (κ3) is 12.6. The number of anilines is 1. The van der Waals surface area contributed by atoms with E-state index in [4.69, 9.17) is 9.47 Å². The van der Waals surface area contributed by atoms with Gasteiger partial charge in [0.15, 0.2) is 0 Å². The average molecular weight is 485 g/mol. The van der Waals surface area contributed by atoms with E-state index >= 15 is 0 Å². The standard InChI is InChI=1S/C24H40N2O4S2/c1-22(2,3)30-21(28)13-15-24(6,7)29-17-23(4,5)26-20(27)14-16-31-32-19-12-10-9-11-18(19)25-8/h9-12,25H,13-17H2,1-8H3,(H,26,27). The third-order valence-electron chi connectivity index (χ3n) is 4.37. The van der Waals surface area contributed by atoms with Crippen LogP contribution in [0.2, 0.25) is 0 Å². The Morgan fingerprint density at radius 2 is 1.66 bits per heavy atom. The lowest BCUT2D eigenvalue weighted by Crippen LogP contribution is -2.48. The molecule has 0 aliphatic rings. The Hall–Kier alpha value is -1.38. The van der Waals surface area contributed by atoms with Gasteiger partial charge >= 0.3 is 5.97 Å². The Morgan fingerprint density at radius 1 is 1.00 bits per heavy atom. The maximum absolute atomic E-state index is 12.4. The monoisotopic (exact) mass is 484 g/mol. The fourth-order valence-corrected chi connectivity index (χ4v) is 4.89. The molecule has 1 amide bonds. The van der Waals surface area contributed by atoms with Gasteiger partial charge < -0.3 is 20.1 Å². The van der Waals surface area contributed by atoms with Gasteiger partial charge in [0.2, 0.25) is 5.91 Å². The van der Waals surface area contributed by atoms with Crippen LogP contribution in [0.1, 0.15) is 67.7 Å². The van der Waals surface area contributed by atoms with Crippen LogP contribution in [-0.4, -0.2) is 48.0 Å². The van der Waals surface area contributed by atoms with Gasteiger partial charge in [-0.2, -0.15) is 0 Å². The van der Waals surface area contributed by atoms with Gasteiger partial charge in [-0.3, -0.25) is 9.59 Å². The molecule has 0 radical (unpaired) electrons. The lowest BCUT2D eigenvalue weighted by molar-refractivity contribution is -0.156. The summed E-state index contributed by atoms with van der Waals surface area (Å²) in [6.45, 7) is 13.7. The number of nitrogens with one attached hydrogen (secondary N) is 2. The predicted octanol–water partition coefficient (Wildman–Crippen LogP) is 5.67. The first-order valence-electron chi connectivity index (χ1n) is 11.0. The SMILES string of the molecule is CNc1ccccc1SSCCC(=O)NC(C)(C)COC(C)(C)CCC(=O)OC(C)(C)C. The van der Waals surface area contributed by atoms with E-state index in [0.29, 0.717) is 31.6 Å². The summed E-state index contributed by atoms with van der Waals surface area (Å²) in [5, 5.41) is 6.23. The summed E-state index contributed by atoms with van der Waals surface area (Å²) >= 11 is 0. The maximum Gasteiger partial charge on any atom is 0.306 e. The fraction of sp³-hybridized carbons (Fsp3) is 0.667. The van der Waals surface area contributed by atoms with Gasteiger partial charge in [-0.25, -0.2) is 0 Å². The zero-order valence-corrected chi connectivity index (χ0v) is 22.4. The normalized spacial score (nSPS) is 12.4. The van der Waals surface area contributed by atoms with Crippen molar-refractivity contribution in [1.82, 2.24) is 5.32 Å². The minimum atomic E-state index is -0.503. The number of ether oxygens (including phenoxy) is 2. The summed E-state index contributed by atoms with van der Waals surface area (Å²) < 4.78 is 11.4. The zero-order valence-electron chi connectivity index (χ0n) is 20.8. The maximum atomic E-state index is 12.4. The predicted molar refractivity (Wildman–Crippen MR) is 136 cm³/mol. The van der Waals surface area contributed by atoms with Gasteiger partial charge in [-0.1, -0.05) is 33.7 Å². The van der Waals surface area contributed by atoms with E-state index in [9.17, 15) is 9.59 Å². The molecule has 0 aromatic heterocycles. The first-order chi connectivity index (χ1) is 14.7. The molecule has 0 aliphatic heterocycles. The van der Waals surface area contributed by atoms with Crippen LogP contribution in [0.4, 0.5) is 5.69 Å². The smallest absolute Gasteiger partial charge is 0.306 e. The van der Waals surface area contributed by atoms with Crippen LogP contribution >= 0.6 is 21.6 Å². The molecule has 8 heteroatoms. The van der Waals surface area contributed by atoms with E-state index < -0.39 is 16.7 Å². The van der Waals surface area contributed by atoms with Crippen molar-refractivity contribution >= 4 is 39.2 Å². The molecule has 2 N–H and O–H groups in total. The summed E-state index contributed by atoms with van der Waals surface area (Å²) in [5.74, 6) is 0.488. The topological polar surface area (TPSA) is 76.7 Å². The van der Waals surface area contributed by atoms with E-state index in [-0.39, 0.29) is 11.9 Å². The summed E-state index contributed by atoms with van der Waals surface area (Å²) in [5.41, 5.74) is -0.397. The molecule has 0 aliphatic carbocycles. The van der Waals surface area contributed by atoms with Crippen molar-refractivity contribution in [2.45, 2.75) is 89.4 Å². The Morgan fingerprint density at radius 3 is 2.28 bits per heavy atom. The molecule has 0 saturated carbocycles. The summed E-state index contributed by atoms with van der Waals surface area (Å²) in [6, 6.07) is 8.10. The molecule has 0 fully saturated rings. The minimum Gasteiger partial charge on any atom is -0.460 e. The molecule has 0 unspecified atom stereocenters. The number of para-hydroxylation sites is 1. The number of amides is 1. The third-order valence-corrected chi connectivity index (χ3v) is 6.79. The van der Waals surface area contributed by atoms with Crippen LogP contribution in [0, 0.1) is 0 Å². The second-order valence-corrected chi connectivity index (χ2v) is 12.4. The van der Waals surface area contributed by atoms with Crippen molar-refractivity contribution in [3.8, 4) is 0 Å². The van der Waals surface area contributed by atoms with E-state index in [1.807, 2.05) is 73.7 Å². The molecule has 1 aromatic carbocycles. The van der Waals surface area contributed by atoms with Crippen molar-refractivity contribution in [2.24, 2.45) is 0 Å². The Kier molecular flexibility index (Phi) is 11.4. The number of benzene rings is 1. The highest BCUT2D eigenvalue weighted by atomic mass is 33.1. The molecule has 0 spiro atoms. The number of carbonyl (C=O) groups is 2. The molecule has 1 rings (SSSR count). The van der Waals surface area contributed by atoms with Crippen LogP contribution in [0.3, 0.4) is 0 Å². The summed E-state index contributed by atoms with van der Waals surface area (Å²) in [4.78, 5) is 25.5. The highest BCUT2D eigenvalue weighted by Gasteiger charge is 2.27. The van der Waals surface area contributed by atoms with Crippen LogP contribution in [-0.2, 0) is 19.1 Å². The molecule has 0 heterocycles. The van der Waals surface area contributed by atoms with Crippen LogP contribution in [0.15, 0.2) is 29.2 Å². The summed E-state index contributed by atoms with van der Waals surface area (Å²) in [6.07, 6.45) is 1.28. The number of hydrogen-bond acceptors (Lipinski definition) is 7. The molecule has 0 bridgehead atoms. The van der Waals surface area contributed by atoms with Crippen molar-refractivity contribution in [2.75, 3.05) is 24.7 Å². The molecular weight excluding hydrogens is 444 g/mol. The largest absolute Gasteiger partial charge is 0.460 e. The van der Waals surface area contributed by atoms with Gasteiger partial charge in [0.05, 0.1) is 17.7 Å². The summed E-state index contributed by atoms with van der Waals surface area (Å²) in [7, 11) is 5.23. The van der Waals surface area contributed by atoms with E-state index in [0.717, 1.165) is 10.6 Å².